The molecular weight excluding hydrogens is 342 g/mol. The van der Waals surface area contributed by atoms with Gasteiger partial charge in [-0.05, 0) is 29.8 Å². The topological polar surface area (TPSA) is 50.7 Å². The van der Waals surface area contributed by atoms with E-state index in [0.29, 0.717) is 27.0 Å². The summed E-state index contributed by atoms with van der Waals surface area (Å²) in [5.74, 6) is -0.739. The lowest BCUT2D eigenvalue weighted by molar-refractivity contribution is -0.125. The number of para-hydroxylation sites is 1. The average Bonchev–Trinajstić information content (AvgIpc) is 3.02. The van der Waals surface area contributed by atoms with Crippen molar-refractivity contribution in [1.29, 1.82) is 0 Å². The van der Waals surface area contributed by atoms with E-state index in [4.69, 9.17) is 28.0 Å². The first-order valence-corrected chi connectivity index (χ1v) is 7.53. The molecule has 1 amide bonds. The lowest BCUT2D eigenvalue weighted by Gasteiger charge is -2.12. The number of carbonyl (C=O) groups excluding carboxylic acids is 1. The number of carbonyl (C=O) groups is 1. The Bertz CT molecular complexity index is 758. The van der Waals surface area contributed by atoms with Crippen LogP contribution in [0.15, 0.2) is 47.6 Å². The number of benzene rings is 2. The summed E-state index contributed by atoms with van der Waals surface area (Å²) in [4.78, 5) is 17.4. The Morgan fingerprint density at radius 1 is 1.17 bits per heavy atom. The van der Waals surface area contributed by atoms with Gasteiger partial charge in [-0.3, -0.25) is 4.79 Å². The molecule has 3 rings (SSSR count). The summed E-state index contributed by atoms with van der Waals surface area (Å²) < 4.78 is 12.9. The van der Waals surface area contributed by atoms with E-state index in [9.17, 15) is 9.18 Å². The van der Waals surface area contributed by atoms with Gasteiger partial charge in [-0.2, -0.15) is 0 Å². The van der Waals surface area contributed by atoms with Gasteiger partial charge in [-0.15, -0.1) is 0 Å². The number of halogens is 3. The Balaban J connectivity index is 1.68. The highest BCUT2D eigenvalue weighted by Crippen LogP contribution is 2.30. The fourth-order valence-electron chi connectivity index (χ4n) is 2.15. The summed E-state index contributed by atoms with van der Waals surface area (Å²) in [7, 11) is 0. The summed E-state index contributed by atoms with van der Waals surface area (Å²) >= 11 is 12.0. The number of amides is 1. The Morgan fingerprint density at radius 2 is 1.83 bits per heavy atom. The molecule has 4 nitrogen and oxygen atoms in total. The van der Waals surface area contributed by atoms with Crippen LogP contribution in [0.25, 0.3) is 0 Å². The Kier molecular flexibility index (Phi) is 4.50. The minimum Gasteiger partial charge on any atom is -0.382 e. The molecular formula is C16H11Cl2FN2O2. The van der Waals surface area contributed by atoms with Crippen molar-refractivity contribution in [3.8, 4) is 0 Å². The van der Waals surface area contributed by atoms with Crippen molar-refractivity contribution in [1.82, 2.24) is 0 Å². The number of nitrogens with one attached hydrogen (secondary N) is 1. The molecule has 0 unspecified atom stereocenters. The van der Waals surface area contributed by atoms with Gasteiger partial charge in [0.1, 0.15) is 5.82 Å². The minimum absolute atomic E-state index is 0.277. The van der Waals surface area contributed by atoms with Gasteiger partial charge in [0.2, 0.25) is 6.10 Å². The fourth-order valence-corrected chi connectivity index (χ4v) is 2.64. The van der Waals surface area contributed by atoms with Gasteiger partial charge in [0, 0.05) is 6.42 Å². The summed E-state index contributed by atoms with van der Waals surface area (Å²) in [6.07, 6.45) is -0.512. The number of hydrogen-bond donors (Lipinski definition) is 1. The van der Waals surface area contributed by atoms with E-state index >= 15 is 0 Å². The molecule has 0 bridgehead atoms. The zero-order chi connectivity index (χ0) is 16.4. The number of anilines is 1. The molecule has 0 fully saturated rings. The smallest absolute Gasteiger partial charge is 0.268 e. The van der Waals surface area contributed by atoms with Crippen LogP contribution in [0.1, 0.15) is 12.0 Å². The van der Waals surface area contributed by atoms with Gasteiger partial charge in [0.05, 0.1) is 21.4 Å². The van der Waals surface area contributed by atoms with Gasteiger partial charge in [-0.1, -0.05) is 46.6 Å². The molecule has 0 aliphatic carbocycles. The van der Waals surface area contributed by atoms with Crippen LogP contribution < -0.4 is 5.32 Å². The summed E-state index contributed by atoms with van der Waals surface area (Å²) in [5.41, 5.74) is 1.62. The van der Waals surface area contributed by atoms with Gasteiger partial charge >= 0.3 is 0 Å². The zero-order valence-corrected chi connectivity index (χ0v) is 13.2. The third-order valence-electron chi connectivity index (χ3n) is 3.35. The largest absolute Gasteiger partial charge is 0.382 e. The summed E-state index contributed by atoms with van der Waals surface area (Å²) in [5, 5.41) is 7.21. The molecule has 0 aromatic heterocycles. The SMILES string of the molecule is O=C(Nc1c(Cl)cccc1Cl)[C@H]1CC(c2ccc(F)cc2)=NO1. The van der Waals surface area contributed by atoms with Crippen LogP contribution in [0.5, 0.6) is 0 Å². The highest BCUT2D eigenvalue weighted by molar-refractivity contribution is 6.39. The lowest BCUT2D eigenvalue weighted by Crippen LogP contribution is -2.28. The molecule has 23 heavy (non-hydrogen) atoms. The van der Waals surface area contributed by atoms with Gasteiger partial charge in [0.15, 0.2) is 0 Å². The molecule has 1 N–H and O–H groups in total. The first-order valence-electron chi connectivity index (χ1n) is 6.78. The second-order valence-electron chi connectivity index (χ2n) is 4.93. The molecule has 118 valence electrons. The fraction of sp³-hybridized carbons (Fsp3) is 0.125. The lowest BCUT2D eigenvalue weighted by atomic mass is 10.0. The van der Waals surface area contributed by atoms with Crippen molar-refractivity contribution < 1.29 is 14.0 Å². The normalized spacial score (nSPS) is 16.7. The molecule has 1 aliphatic heterocycles. The third-order valence-corrected chi connectivity index (χ3v) is 3.98. The van der Waals surface area contributed by atoms with E-state index in [-0.39, 0.29) is 12.2 Å². The maximum atomic E-state index is 12.9. The van der Waals surface area contributed by atoms with E-state index < -0.39 is 12.0 Å². The Hall–Kier alpha value is -2.11. The minimum atomic E-state index is -0.789. The second-order valence-corrected chi connectivity index (χ2v) is 5.74. The third kappa shape index (κ3) is 3.46. The van der Waals surface area contributed by atoms with Crippen LogP contribution >= 0.6 is 23.2 Å². The molecule has 0 spiro atoms. The Labute approximate surface area is 141 Å². The van der Waals surface area contributed by atoms with Crippen LogP contribution in [0.2, 0.25) is 10.0 Å². The van der Waals surface area contributed by atoms with Gasteiger partial charge < -0.3 is 10.2 Å². The van der Waals surface area contributed by atoms with Gasteiger partial charge in [0.25, 0.3) is 5.91 Å². The van der Waals surface area contributed by atoms with E-state index in [1.165, 1.54) is 12.1 Å². The first-order chi connectivity index (χ1) is 11.0. The van der Waals surface area contributed by atoms with Crippen molar-refractivity contribution in [2.24, 2.45) is 5.16 Å². The first kappa shape index (κ1) is 15.8. The summed E-state index contributed by atoms with van der Waals surface area (Å²) in [6.45, 7) is 0. The maximum Gasteiger partial charge on any atom is 0.268 e. The van der Waals surface area contributed by atoms with Crippen molar-refractivity contribution in [2.75, 3.05) is 5.32 Å². The number of oxime groups is 1. The number of hydrogen-bond acceptors (Lipinski definition) is 3. The molecule has 1 heterocycles. The molecule has 0 saturated carbocycles. The quantitative estimate of drug-likeness (QED) is 0.896. The second kappa shape index (κ2) is 6.56. The van der Waals surface area contributed by atoms with Crippen molar-refractivity contribution >= 4 is 40.5 Å². The van der Waals surface area contributed by atoms with Crippen LogP contribution in [-0.4, -0.2) is 17.7 Å². The molecule has 0 radical (unpaired) electrons. The zero-order valence-electron chi connectivity index (χ0n) is 11.7. The average molecular weight is 353 g/mol. The number of nitrogens with zero attached hydrogens (tertiary/aromatic N) is 1. The molecule has 0 saturated heterocycles. The van der Waals surface area contributed by atoms with Crippen LogP contribution in [0.3, 0.4) is 0 Å². The monoisotopic (exact) mass is 352 g/mol. The molecule has 2 aromatic carbocycles. The van der Waals surface area contributed by atoms with Crippen molar-refractivity contribution in [2.45, 2.75) is 12.5 Å². The Morgan fingerprint density at radius 3 is 2.48 bits per heavy atom. The van der Waals surface area contributed by atoms with Crippen LogP contribution in [0.4, 0.5) is 10.1 Å². The standard InChI is InChI=1S/C16H11Cl2FN2O2/c17-11-2-1-3-12(18)15(11)20-16(22)14-8-13(21-23-14)9-4-6-10(19)7-5-9/h1-7,14H,8H2,(H,20,22)/t14-/m1/s1. The van der Waals surface area contributed by atoms with E-state index in [2.05, 4.69) is 10.5 Å². The molecule has 2 aromatic rings. The van der Waals surface area contributed by atoms with E-state index in [1.807, 2.05) is 0 Å². The molecule has 7 heteroatoms. The van der Waals surface area contributed by atoms with Crippen LogP contribution in [-0.2, 0) is 9.63 Å². The highest BCUT2D eigenvalue weighted by Gasteiger charge is 2.29. The molecule has 1 aliphatic rings. The number of rotatable bonds is 3. The van der Waals surface area contributed by atoms with Crippen molar-refractivity contribution in [3.63, 3.8) is 0 Å². The van der Waals surface area contributed by atoms with Crippen molar-refractivity contribution in [3.05, 3.63) is 63.9 Å². The predicted molar refractivity (Wildman–Crippen MR) is 87.5 cm³/mol. The predicted octanol–water partition coefficient (Wildman–Crippen LogP) is 4.26. The van der Waals surface area contributed by atoms with Gasteiger partial charge in [-0.25, -0.2) is 4.39 Å². The van der Waals surface area contributed by atoms with E-state index in [1.54, 1.807) is 30.3 Å². The maximum absolute atomic E-state index is 12.9. The highest BCUT2D eigenvalue weighted by atomic mass is 35.5. The molecule has 1 atom stereocenters. The summed E-state index contributed by atoms with van der Waals surface area (Å²) in [6, 6.07) is 10.8. The van der Waals surface area contributed by atoms with Crippen LogP contribution in [0, 0.1) is 5.82 Å². The van der Waals surface area contributed by atoms with E-state index in [0.717, 1.165) is 0 Å².